The zero-order chi connectivity index (χ0) is 14.8. The van der Waals surface area contributed by atoms with Crippen LogP contribution in [0.5, 0.6) is 0 Å². The minimum absolute atomic E-state index is 0.610. The molecule has 116 valence electrons. The standard InChI is InChI=1S/C18H35N2/c1-5-7-8-9-10-11-12-13-14-20-16-15-19(6-2)18(20)17(3)4/h15-17H,5-14H2,1-4H3/q+1. The van der Waals surface area contributed by atoms with E-state index in [1.54, 1.807) is 0 Å². The van der Waals surface area contributed by atoms with E-state index < -0.39 is 0 Å². The molecule has 0 saturated carbocycles. The summed E-state index contributed by atoms with van der Waals surface area (Å²) in [5.41, 5.74) is 0. The minimum Gasteiger partial charge on any atom is -0.234 e. The minimum atomic E-state index is 0.610. The molecule has 2 nitrogen and oxygen atoms in total. The highest BCUT2D eigenvalue weighted by Gasteiger charge is 2.18. The van der Waals surface area contributed by atoms with E-state index in [0.29, 0.717) is 5.92 Å². The van der Waals surface area contributed by atoms with Crippen LogP contribution in [0.3, 0.4) is 0 Å². The van der Waals surface area contributed by atoms with Crippen molar-refractivity contribution >= 4 is 0 Å². The summed E-state index contributed by atoms with van der Waals surface area (Å²) in [6.45, 7) is 11.4. The lowest BCUT2D eigenvalue weighted by atomic mass is 10.1. The summed E-state index contributed by atoms with van der Waals surface area (Å²) in [6, 6.07) is 0. The van der Waals surface area contributed by atoms with Crippen LogP contribution in [-0.2, 0) is 13.1 Å². The molecule has 2 heteroatoms. The summed E-state index contributed by atoms with van der Waals surface area (Å²) >= 11 is 0. The highest BCUT2D eigenvalue weighted by atomic mass is 15.1. The highest BCUT2D eigenvalue weighted by molar-refractivity contribution is 4.89. The quantitative estimate of drug-likeness (QED) is 0.395. The monoisotopic (exact) mass is 279 g/mol. The summed E-state index contributed by atoms with van der Waals surface area (Å²) in [7, 11) is 0. The van der Waals surface area contributed by atoms with Crippen molar-refractivity contribution in [3.63, 3.8) is 0 Å². The van der Waals surface area contributed by atoms with Crippen molar-refractivity contribution < 1.29 is 4.57 Å². The Hall–Kier alpha value is -0.790. The van der Waals surface area contributed by atoms with Gasteiger partial charge in [0.2, 0.25) is 0 Å². The van der Waals surface area contributed by atoms with Crippen LogP contribution >= 0.6 is 0 Å². The molecule has 0 fully saturated rings. The average Bonchev–Trinajstić information content (AvgIpc) is 2.85. The molecular formula is C18H35N2+. The van der Waals surface area contributed by atoms with Gasteiger partial charge in [-0.25, -0.2) is 9.13 Å². The molecule has 1 aromatic rings. The molecule has 1 heterocycles. The molecule has 0 spiro atoms. The van der Waals surface area contributed by atoms with Gasteiger partial charge in [0.1, 0.15) is 12.4 Å². The van der Waals surface area contributed by atoms with E-state index in [4.69, 9.17) is 0 Å². The van der Waals surface area contributed by atoms with Crippen LogP contribution in [0.4, 0.5) is 0 Å². The van der Waals surface area contributed by atoms with Gasteiger partial charge in [-0.3, -0.25) is 0 Å². The number of rotatable bonds is 11. The normalized spacial score (nSPS) is 11.4. The third-order valence-corrected chi connectivity index (χ3v) is 4.12. The van der Waals surface area contributed by atoms with Gasteiger partial charge in [0.15, 0.2) is 0 Å². The van der Waals surface area contributed by atoms with Gasteiger partial charge in [0.05, 0.1) is 19.0 Å². The van der Waals surface area contributed by atoms with E-state index in [1.807, 2.05) is 0 Å². The van der Waals surface area contributed by atoms with Gasteiger partial charge in [0, 0.05) is 0 Å². The maximum atomic E-state index is 2.46. The smallest absolute Gasteiger partial charge is 0.234 e. The first-order valence-corrected chi connectivity index (χ1v) is 8.79. The molecule has 0 amide bonds. The molecular weight excluding hydrogens is 244 g/mol. The van der Waals surface area contributed by atoms with E-state index >= 15 is 0 Å². The number of hydrogen-bond acceptors (Lipinski definition) is 0. The molecule has 0 aromatic carbocycles. The first-order valence-electron chi connectivity index (χ1n) is 8.79. The van der Waals surface area contributed by atoms with Gasteiger partial charge in [-0.1, -0.05) is 59.3 Å². The number of nitrogens with zero attached hydrogens (tertiary/aromatic N) is 2. The third kappa shape index (κ3) is 5.68. The van der Waals surface area contributed by atoms with Crippen LogP contribution in [0.15, 0.2) is 12.4 Å². The maximum Gasteiger partial charge on any atom is 0.258 e. The molecule has 0 saturated heterocycles. The van der Waals surface area contributed by atoms with Crippen molar-refractivity contribution in [2.75, 3.05) is 0 Å². The van der Waals surface area contributed by atoms with Gasteiger partial charge < -0.3 is 0 Å². The Bertz CT molecular complexity index is 352. The Morgan fingerprint density at radius 1 is 0.950 bits per heavy atom. The molecule has 1 rings (SSSR count). The summed E-state index contributed by atoms with van der Waals surface area (Å²) in [5, 5.41) is 0. The number of unbranched alkanes of at least 4 members (excludes halogenated alkanes) is 7. The topological polar surface area (TPSA) is 8.81 Å². The summed E-state index contributed by atoms with van der Waals surface area (Å²) < 4.78 is 4.85. The lowest BCUT2D eigenvalue weighted by molar-refractivity contribution is -0.705. The van der Waals surface area contributed by atoms with Crippen molar-refractivity contribution in [1.29, 1.82) is 0 Å². The molecule has 0 bridgehead atoms. The van der Waals surface area contributed by atoms with Crippen molar-refractivity contribution in [2.24, 2.45) is 0 Å². The fraction of sp³-hybridized carbons (Fsp3) is 0.833. The second-order valence-electron chi connectivity index (χ2n) is 6.27. The number of aromatic nitrogens is 2. The molecule has 0 aliphatic heterocycles. The average molecular weight is 279 g/mol. The predicted molar refractivity (Wildman–Crippen MR) is 87.0 cm³/mol. The SMILES string of the molecule is CCCCCCCCCC[n+]1ccn(CC)c1C(C)C. The Morgan fingerprint density at radius 3 is 2.10 bits per heavy atom. The fourth-order valence-electron chi connectivity index (χ4n) is 3.01. The number of imidazole rings is 1. The van der Waals surface area contributed by atoms with E-state index in [9.17, 15) is 0 Å². The van der Waals surface area contributed by atoms with Crippen molar-refractivity contribution in [2.45, 2.75) is 98.1 Å². The first-order chi connectivity index (χ1) is 9.70. The van der Waals surface area contributed by atoms with Gasteiger partial charge in [-0.05, 0) is 19.8 Å². The Morgan fingerprint density at radius 2 is 1.55 bits per heavy atom. The van der Waals surface area contributed by atoms with Gasteiger partial charge >= 0.3 is 0 Å². The largest absolute Gasteiger partial charge is 0.258 e. The fourth-order valence-corrected chi connectivity index (χ4v) is 3.01. The molecule has 0 N–H and O–H groups in total. The van der Waals surface area contributed by atoms with E-state index in [-0.39, 0.29) is 0 Å². The Balaban J connectivity index is 2.23. The molecule has 0 radical (unpaired) electrons. The third-order valence-electron chi connectivity index (χ3n) is 4.12. The zero-order valence-electron chi connectivity index (χ0n) is 14.2. The number of hydrogen-bond donors (Lipinski definition) is 0. The second-order valence-corrected chi connectivity index (χ2v) is 6.27. The van der Waals surface area contributed by atoms with Crippen LogP contribution in [0, 0.1) is 0 Å². The van der Waals surface area contributed by atoms with Crippen LogP contribution in [0.1, 0.15) is 90.8 Å². The van der Waals surface area contributed by atoms with Crippen molar-refractivity contribution in [3.8, 4) is 0 Å². The second kappa shape index (κ2) is 10.0. The molecule has 0 aliphatic carbocycles. The maximum absolute atomic E-state index is 2.46. The molecule has 0 aliphatic rings. The molecule has 0 atom stereocenters. The van der Waals surface area contributed by atoms with E-state index in [2.05, 4.69) is 49.2 Å². The van der Waals surface area contributed by atoms with Crippen molar-refractivity contribution in [3.05, 3.63) is 18.2 Å². The summed E-state index contributed by atoms with van der Waals surface area (Å²) in [6.07, 6.45) is 15.7. The Labute approximate surface area is 126 Å². The summed E-state index contributed by atoms with van der Waals surface area (Å²) in [4.78, 5) is 0. The van der Waals surface area contributed by atoms with Gasteiger partial charge in [-0.2, -0.15) is 0 Å². The zero-order valence-corrected chi connectivity index (χ0v) is 14.2. The Kier molecular flexibility index (Phi) is 8.64. The lowest BCUT2D eigenvalue weighted by Gasteiger charge is -2.07. The highest BCUT2D eigenvalue weighted by Crippen LogP contribution is 2.12. The van der Waals surface area contributed by atoms with Crippen molar-refractivity contribution in [1.82, 2.24) is 4.57 Å². The molecule has 20 heavy (non-hydrogen) atoms. The molecule has 1 aromatic heterocycles. The van der Waals surface area contributed by atoms with Crippen LogP contribution in [-0.4, -0.2) is 4.57 Å². The molecule has 0 unspecified atom stereocenters. The van der Waals surface area contributed by atoms with Crippen LogP contribution in [0.25, 0.3) is 0 Å². The van der Waals surface area contributed by atoms with Gasteiger partial charge in [-0.15, -0.1) is 0 Å². The number of aryl methyl sites for hydroxylation is 2. The lowest BCUT2D eigenvalue weighted by Crippen LogP contribution is -2.38. The van der Waals surface area contributed by atoms with Crippen LogP contribution < -0.4 is 4.57 Å². The first kappa shape index (κ1) is 17.3. The van der Waals surface area contributed by atoms with E-state index in [0.717, 1.165) is 6.54 Å². The van der Waals surface area contributed by atoms with Gasteiger partial charge in [0.25, 0.3) is 5.82 Å². The van der Waals surface area contributed by atoms with Crippen LogP contribution in [0.2, 0.25) is 0 Å². The van der Waals surface area contributed by atoms with E-state index in [1.165, 1.54) is 63.7 Å². The summed E-state index contributed by atoms with van der Waals surface area (Å²) in [5.74, 6) is 2.09. The predicted octanol–water partition coefficient (Wildman–Crippen LogP) is 5.06.